The summed E-state index contributed by atoms with van der Waals surface area (Å²) in [7, 11) is 0. The lowest BCUT2D eigenvalue weighted by molar-refractivity contribution is -0.127. The Labute approximate surface area is 182 Å². The van der Waals surface area contributed by atoms with E-state index in [0.29, 0.717) is 18.3 Å². The largest absolute Gasteiger partial charge is 0.349 e. The molecule has 1 aliphatic carbocycles. The normalized spacial score (nSPS) is 19.3. The Morgan fingerprint density at radius 3 is 2.68 bits per heavy atom. The standard InChI is InChI=1S/C25H28N4O2/c1-17-6-8-20(9-7-17)25-27-23(28-31-25)16-29-14-12-19(13-15-29)24(30)26-22-11-10-18-4-2-3-5-21(18)22/h2-9,19,22H,10-16H2,1H3,(H,26,30)/t22-/m1/s1. The molecule has 0 spiro atoms. The molecule has 1 atom stereocenters. The van der Waals surface area contributed by atoms with Gasteiger partial charge < -0.3 is 9.84 Å². The van der Waals surface area contributed by atoms with E-state index in [1.807, 2.05) is 24.3 Å². The minimum absolute atomic E-state index is 0.0809. The summed E-state index contributed by atoms with van der Waals surface area (Å²) in [6, 6.07) is 16.7. The molecule has 5 rings (SSSR count). The summed E-state index contributed by atoms with van der Waals surface area (Å²) in [4.78, 5) is 19.7. The zero-order valence-electron chi connectivity index (χ0n) is 17.9. The van der Waals surface area contributed by atoms with E-state index in [1.54, 1.807) is 0 Å². The summed E-state index contributed by atoms with van der Waals surface area (Å²) in [5.74, 6) is 1.53. The quantitative estimate of drug-likeness (QED) is 0.679. The third-order valence-electron chi connectivity index (χ3n) is 6.54. The van der Waals surface area contributed by atoms with Gasteiger partial charge in [0, 0.05) is 11.5 Å². The van der Waals surface area contributed by atoms with Crippen LogP contribution in [0.3, 0.4) is 0 Å². The van der Waals surface area contributed by atoms with Gasteiger partial charge in [-0.15, -0.1) is 0 Å². The van der Waals surface area contributed by atoms with Crippen molar-refractivity contribution in [1.29, 1.82) is 0 Å². The van der Waals surface area contributed by atoms with Gasteiger partial charge >= 0.3 is 0 Å². The maximum atomic E-state index is 12.8. The molecule has 2 heterocycles. The molecule has 2 aromatic carbocycles. The number of nitrogens with zero attached hydrogens (tertiary/aromatic N) is 3. The molecule has 1 fully saturated rings. The van der Waals surface area contributed by atoms with Crippen molar-refractivity contribution in [3.63, 3.8) is 0 Å². The first-order valence-corrected chi connectivity index (χ1v) is 11.2. The van der Waals surface area contributed by atoms with Crippen molar-refractivity contribution in [2.45, 2.75) is 45.2 Å². The molecule has 1 saturated heterocycles. The van der Waals surface area contributed by atoms with Gasteiger partial charge in [-0.1, -0.05) is 47.1 Å². The number of amides is 1. The van der Waals surface area contributed by atoms with Gasteiger partial charge in [0.1, 0.15) is 0 Å². The van der Waals surface area contributed by atoms with Crippen LogP contribution >= 0.6 is 0 Å². The van der Waals surface area contributed by atoms with E-state index < -0.39 is 0 Å². The number of benzene rings is 2. The summed E-state index contributed by atoms with van der Waals surface area (Å²) in [6.07, 6.45) is 3.78. The second-order valence-corrected chi connectivity index (χ2v) is 8.73. The van der Waals surface area contributed by atoms with E-state index in [2.05, 4.69) is 51.5 Å². The van der Waals surface area contributed by atoms with Crippen LogP contribution in [0, 0.1) is 12.8 Å². The molecule has 3 aromatic rings. The number of hydrogen-bond acceptors (Lipinski definition) is 5. The molecule has 1 amide bonds. The third-order valence-corrected chi connectivity index (χ3v) is 6.54. The Balaban J connectivity index is 1.12. The van der Waals surface area contributed by atoms with Crippen LogP contribution in [-0.2, 0) is 17.8 Å². The molecule has 160 valence electrons. The van der Waals surface area contributed by atoms with Gasteiger partial charge in [0.15, 0.2) is 5.82 Å². The zero-order chi connectivity index (χ0) is 21.2. The first kappa shape index (κ1) is 19.9. The fourth-order valence-corrected chi connectivity index (χ4v) is 4.68. The molecule has 1 aromatic heterocycles. The molecule has 0 radical (unpaired) electrons. The van der Waals surface area contributed by atoms with E-state index in [4.69, 9.17) is 4.52 Å². The van der Waals surface area contributed by atoms with Crippen molar-refractivity contribution in [2.75, 3.05) is 13.1 Å². The average molecular weight is 417 g/mol. The Morgan fingerprint density at radius 1 is 1.10 bits per heavy atom. The Bertz CT molecular complexity index is 1050. The van der Waals surface area contributed by atoms with Crippen LogP contribution in [0.15, 0.2) is 53.1 Å². The van der Waals surface area contributed by atoms with Crippen molar-refractivity contribution in [2.24, 2.45) is 5.92 Å². The van der Waals surface area contributed by atoms with Crippen LogP contribution in [0.25, 0.3) is 11.5 Å². The number of nitrogens with one attached hydrogen (secondary N) is 1. The number of aryl methyl sites for hydroxylation is 2. The van der Waals surface area contributed by atoms with Crippen LogP contribution in [0.1, 0.15) is 47.8 Å². The average Bonchev–Trinajstić information content (AvgIpc) is 3.42. The van der Waals surface area contributed by atoms with Crippen LogP contribution < -0.4 is 5.32 Å². The summed E-state index contributed by atoms with van der Waals surface area (Å²) < 4.78 is 5.44. The van der Waals surface area contributed by atoms with Crippen molar-refractivity contribution in [3.8, 4) is 11.5 Å². The molecular formula is C25H28N4O2. The number of carbonyl (C=O) groups is 1. The van der Waals surface area contributed by atoms with Crippen LogP contribution in [0.5, 0.6) is 0 Å². The smallest absolute Gasteiger partial charge is 0.257 e. The second-order valence-electron chi connectivity index (χ2n) is 8.73. The van der Waals surface area contributed by atoms with Crippen molar-refractivity contribution in [1.82, 2.24) is 20.4 Å². The second kappa shape index (κ2) is 8.63. The minimum Gasteiger partial charge on any atom is -0.349 e. The highest BCUT2D eigenvalue weighted by atomic mass is 16.5. The molecule has 1 aliphatic heterocycles. The number of aromatic nitrogens is 2. The number of rotatable bonds is 5. The predicted molar refractivity (Wildman–Crippen MR) is 118 cm³/mol. The summed E-state index contributed by atoms with van der Waals surface area (Å²) >= 11 is 0. The fraction of sp³-hybridized carbons (Fsp3) is 0.400. The Hall–Kier alpha value is -2.99. The van der Waals surface area contributed by atoms with Gasteiger partial charge in [-0.2, -0.15) is 4.98 Å². The Kier molecular flexibility index (Phi) is 5.55. The number of piperidine rings is 1. The maximum Gasteiger partial charge on any atom is 0.257 e. The summed E-state index contributed by atoms with van der Waals surface area (Å²) in [6.45, 7) is 4.45. The van der Waals surface area contributed by atoms with E-state index in [-0.39, 0.29) is 17.9 Å². The molecule has 31 heavy (non-hydrogen) atoms. The van der Waals surface area contributed by atoms with Gasteiger partial charge in [0.2, 0.25) is 5.91 Å². The molecular weight excluding hydrogens is 388 g/mol. The van der Waals surface area contributed by atoms with Crippen molar-refractivity contribution < 1.29 is 9.32 Å². The topological polar surface area (TPSA) is 71.3 Å². The molecule has 6 nitrogen and oxygen atoms in total. The summed E-state index contributed by atoms with van der Waals surface area (Å²) in [5, 5.41) is 7.44. The lowest BCUT2D eigenvalue weighted by atomic mass is 9.95. The lowest BCUT2D eigenvalue weighted by Crippen LogP contribution is -2.41. The number of carbonyl (C=O) groups excluding carboxylic acids is 1. The number of likely N-dealkylation sites (tertiary alicyclic amines) is 1. The third kappa shape index (κ3) is 4.39. The maximum absolute atomic E-state index is 12.8. The predicted octanol–water partition coefficient (Wildman–Crippen LogP) is 4.06. The lowest BCUT2D eigenvalue weighted by Gasteiger charge is -2.31. The molecule has 0 saturated carbocycles. The van der Waals surface area contributed by atoms with E-state index in [9.17, 15) is 4.79 Å². The van der Waals surface area contributed by atoms with Crippen LogP contribution in [-0.4, -0.2) is 34.0 Å². The molecule has 0 unspecified atom stereocenters. The van der Waals surface area contributed by atoms with Gasteiger partial charge in [-0.3, -0.25) is 9.69 Å². The monoisotopic (exact) mass is 416 g/mol. The highest BCUT2D eigenvalue weighted by Crippen LogP contribution is 2.31. The van der Waals surface area contributed by atoms with Gasteiger partial charge in [0.25, 0.3) is 5.89 Å². The minimum atomic E-state index is 0.0809. The van der Waals surface area contributed by atoms with Crippen molar-refractivity contribution in [3.05, 3.63) is 71.0 Å². The molecule has 0 bridgehead atoms. The zero-order valence-corrected chi connectivity index (χ0v) is 17.9. The highest BCUT2D eigenvalue weighted by Gasteiger charge is 2.29. The highest BCUT2D eigenvalue weighted by molar-refractivity contribution is 5.79. The molecule has 1 N–H and O–H groups in total. The number of fused-ring (bicyclic) bond motifs is 1. The van der Waals surface area contributed by atoms with Crippen LogP contribution in [0.4, 0.5) is 0 Å². The van der Waals surface area contributed by atoms with E-state index in [1.165, 1.54) is 16.7 Å². The number of hydrogen-bond donors (Lipinski definition) is 1. The summed E-state index contributed by atoms with van der Waals surface area (Å²) in [5.41, 5.74) is 4.79. The van der Waals surface area contributed by atoms with Gasteiger partial charge in [-0.05, 0) is 69.0 Å². The SMILES string of the molecule is Cc1ccc(-c2nc(CN3CCC(C(=O)N[C@@H]4CCc5ccccc54)CC3)no2)cc1. The van der Waals surface area contributed by atoms with Gasteiger partial charge in [0.05, 0.1) is 12.6 Å². The van der Waals surface area contributed by atoms with Crippen molar-refractivity contribution >= 4 is 5.91 Å². The van der Waals surface area contributed by atoms with Crippen LogP contribution in [0.2, 0.25) is 0 Å². The first-order valence-electron chi connectivity index (χ1n) is 11.2. The van der Waals surface area contributed by atoms with E-state index in [0.717, 1.165) is 44.3 Å². The molecule has 6 heteroatoms. The van der Waals surface area contributed by atoms with E-state index >= 15 is 0 Å². The first-order chi connectivity index (χ1) is 15.2. The van der Waals surface area contributed by atoms with Gasteiger partial charge in [-0.25, -0.2) is 0 Å². The Morgan fingerprint density at radius 2 is 1.87 bits per heavy atom. The fourth-order valence-electron chi connectivity index (χ4n) is 4.68. The molecule has 2 aliphatic rings.